The van der Waals surface area contributed by atoms with Gasteiger partial charge in [-0.2, -0.15) is 5.10 Å². The van der Waals surface area contributed by atoms with E-state index in [1.54, 1.807) is 0 Å². The highest BCUT2D eigenvalue weighted by Crippen LogP contribution is 2.31. The predicted octanol–water partition coefficient (Wildman–Crippen LogP) is 4.23. The summed E-state index contributed by atoms with van der Waals surface area (Å²) in [6, 6.07) is 13.4. The Morgan fingerprint density at radius 1 is 1.12 bits per heavy atom. The average Bonchev–Trinajstić information content (AvgIpc) is 3.16. The number of aromatic nitrogens is 3. The molecule has 1 aliphatic rings. The van der Waals surface area contributed by atoms with E-state index >= 15 is 0 Å². The third-order valence-electron chi connectivity index (χ3n) is 4.96. The molecule has 3 heterocycles. The van der Waals surface area contributed by atoms with Crippen molar-refractivity contribution in [2.75, 3.05) is 18.0 Å². The van der Waals surface area contributed by atoms with Crippen LogP contribution >= 0.6 is 0 Å². The largest absolute Gasteiger partial charge is 0.371 e. The van der Waals surface area contributed by atoms with Crippen molar-refractivity contribution in [1.82, 2.24) is 14.8 Å². The van der Waals surface area contributed by atoms with Crippen LogP contribution in [0.25, 0.3) is 10.9 Å². The number of benzene rings is 1. The number of fused-ring (bicyclic) bond motifs is 1. The minimum absolute atomic E-state index is 0.527. The van der Waals surface area contributed by atoms with Crippen LogP contribution in [0.3, 0.4) is 0 Å². The van der Waals surface area contributed by atoms with Gasteiger partial charge in [-0.05, 0) is 37.5 Å². The van der Waals surface area contributed by atoms with E-state index in [0.717, 1.165) is 44.3 Å². The molecule has 1 aliphatic heterocycles. The molecule has 0 saturated carbocycles. The Labute approximate surface area is 143 Å². The van der Waals surface area contributed by atoms with Crippen molar-refractivity contribution in [3.05, 3.63) is 54.5 Å². The minimum Gasteiger partial charge on any atom is -0.371 e. The van der Waals surface area contributed by atoms with Gasteiger partial charge in [-0.15, -0.1) is 0 Å². The molecule has 1 aromatic carbocycles. The molecule has 4 nitrogen and oxygen atoms in total. The first-order valence-corrected chi connectivity index (χ1v) is 8.98. The molecule has 0 unspecified atom stereocenters. The molecular formula is C20H24N4. The summed E-state index contributed by atoms with van der Waals surface area (Å²) >= 11 is 0. The van der Waals surface area contributed by atoms with E-state index < -0.39 is 0 Å². The first-order chi connectivity index (χ1) is 11.8. The third kappa shape index (κ3) is 2.88. The molecule has 0 radical (unpaired) electrons. The fraction of sp³-hybridized carbons (Fsp3) is 0.400. The molecule has 0 bridgehead atoms. The monoisotopic (exact) mass is 320 g/mol. The second-order valence-corrected chi connectivity index (χ2v) is 6.60. The zero-order chi connectivity index (χ0) is 16.4. The van der Waals surface area contributed by atoms with Gasteiger partial charge < -0.3 is 4.90 Å². The topological polar surface area (TPSA) is 34.0 Å². The maximum absolute atomic E-state index is 4.84. The van der Waals surface area contributed by atoms with Crippen LogP contribution in [0.15, 0.2) is 48.8 Å². The number of nitrogens with zero attached hydrogens (tertiary/aromatic N) is 4. The van der Waals surface area contributed by atoms with Crippen LogP contribution in [-0.4, -0.2) is 27.9 Å². The summed E-state index contributed by atoms with van der Waals surface area (Å²) in [7, 11) is 0. The Morgan fingerprint density at radius 3 is 2.71 bits per heavy atom. The van der Waals surface area contributed by atoms with Crippen molar-refractivity contribution in [3.8, 4) is 0 Å². The normalized spacial score (nSPS) is 16.0. The molecular weight excluding hydrogens is 296 g/mol. The highest BCUT2D eigenvalue weighted by molar-refractivity contribution is 5.92. The lowest BCUT2D eigenvalue weighted by Crippen LogP contribution is -2.35. The number of rotatable bonds is 4. The van der Waals surface area contributed by atoms with Crippen molar-refractivity contribution in [2.45, 2.75) is 38.6 Å². The highest BCUT2D eigenvalue weighted by Gasteiger charge is 2.22. The number of aryl methyl sites for hydroxylation is 1. The highest BCUT2D eigenvalue weighted by atomic mass is 15.3. The van der Waals surface area contributed by atoms with E-state index in [1.165, 1.54) is 16.8 Å². The molecule has 1 saturated heterocycles. The number of hydrogen-bond acceptors (Lipinski definition) is 3. The van der Waals surface area contributed by atoms with E-state index in [2.05, 4.69) is 58.1 Å². The maximum atomic E-state index is 4.84. The van der Waals surface area contributed by atoms with Crippen LogP contribution in [-0.2, 0) is 6.42 Å². The second kappa shape index (κ2) is 6.63. The molecule has 0 spiro atoms. The third-order valence-corrected chi connectivity index (χ3v) is 4.96. The van der Waals surface area contributed by atoms with Gasteiger partial charge in [-0.3, -0.25) is 9.67 Å². The zero-order valence-corrected chi connectivity index (χ0v) is 14.2. The zero-order valence-electron chi connectivity index (χ0n) is 14.2. The Bertz CT molecular complexity index is 802. The number of para-hydroxylation sites is 1. The average molecular weight is 320 g/mol. The molecule has 0 aliphatic carbocycles. The van der Waals surface area contributed by atoms with Crippen LogP contribution in [0.5, 0.6) is 0 Å². The summed E-state index contributed by atoms with van der Waals surface area (Å²) in [6.07, 6.45) is 8.41. The number of hydrogen-bond donors (Lipinski definition) is 0. The van der Waals surface area contributed by atoms with Crippen molar-refractivity contribution in [3.63, 3.8) is 0 Å². The number of pyridine rings is 1. The van der Waals surface area contributed by atoms with Crippen molar-refractivity contribution >= 4 is 16.6 Å². The molecule has 2 aromatic heterocycles. The minimum atomic E-state index is 0.527. The van der Waals surface area contributed by atoms with Crippen molar-refractivity contribution in [1.29, 1.82) is 0 Å². The first kappa shape index (κ1) is 15.2. The van der Waals surface area contributed by atoms with Crippen LogP contribution in [0.1, 0.15) is 37.9 Å². The molecule has 124 valence electrons. The van der Waals surface area contributed by atoms with Crippen LogP contribution in [0.4, 0.5) is 5.69 Å². The number of anilines is 1. The quantitative estimate of drug-likeness (QED) is 0.721. The Morgan fingerprint density at radius 2 is 1.96 bits per heavy atom. The molecule has 0 N–H and O–H groups in total. The van der Waals surface area contributed by atoms with Gasteiger partial charge in [-0.1, -0.05) is 31.5 Å². The number of piperidine rings is 1. The molecule has 3 aromatic rings. The Kier molecular flexibility index (Phi) is 4.20. The summed E-state index contributed by atoms with van der Waals surface area (Å²) in [5.41, 5.74) is 3.68. The standard InChI is InChI=1S/C20H24N4/c1-2-6-16-15-20(18-7-3-4-8-19(18)22-16)23-13-9-17(10-14-23)24-12-5-11-21-24/h3-5,7-8,11-12,15,17H,2,6,9-10,13-14H2,1H3. The lowest BCUT2D eigenvalue weighted by molar-refractivity contribution is 0.367. The first-order valence-electron chi connectivity index (χ1n) is 8.98. The lowest BCUT2D eigenvalue weighted by atomic mass is 10.0. The Hall–Kier alpha value is -2.36. The molecule has 0 atom stereocenters. The van der Waals surface area contributed by atoms with Gasteiger partial charge in [0.2, 0.25) is 0 Å². The fourth-order valence-corrected chi connectivity index (χ4v) is 3.72. The summed E-state index contributed by atoms with van der Waals surface area (Å²) in [4.78, 5) is 7.37. The van der Waals surface area contributed by atoms with E-state index in [-0.39, 0.29) is 0 Å². The van der Waals surface area contributed by atoms with Crippen molar-refractivity contribution < 1.29 is 0 Å². The van der Waals surface area contributed by atoms with E-state index in [4.69, 9.17) is 4.98 Å². The van der Waals surface area contributed by atoms with Crippen molar-refractivity contribution in [2.24, 2.45) is 0 Å². The molecule has 24 heavy (non-hydrogen) atoms. The molecule has 4 heteroatoms. The SMILES string of the molecule is CCCc1cc(N2CCC(n3cccn3)CC2)c2ccccc2n1. The van der Waals surface area contributed by atoms with Gasteiger partial charge in [0.05, 0.1) is 11.6 Å². The van der Waals surface area contributed by atoms with Gasteiger partial charge in [0.25, 0.3) is 0 Å². The van der Waals surface area contributed by atoms with E-state index in [1.807, 2.05) is 12.3 Å². The summed E-state index contributed by atoms with van der Waals surface area (Å²) in [6.45, 7) is 4.36. The van der Waals surface area contributed by atoms with E-state index in [0.29, 0.717) is 6.04 Å². The fourth-order valence-electron chi connectivity index (χ4n) is 3.72. The van der Waals surface area contributed by atoms with E-state index in [9.17, 15) is 0 Å². The lowest BCUT2D eigenvalue weighted by Gasteiger charge is -2.34. The van der Waals surface area contributed by atoms with Crippen LogP contribution in [0.2, 0.25) is 0 Å². The Balaban J connectivity index is 1.62. The smallest absolute Gasteiger partial charge is 0.0726 e. The van der Waals surface area contributed by atoms with Gasteiger partial charge in [0.15, 0.2) is 0 Å². The second-order valence-electron chi connectivity index (χ2n) is 6.60. The van der Waals surface area contributed by atoms with Gasteiger partial charge in [-0.25, -0.2) is 0 Å². The summed E-state index contributed by atoms with van der Waals surface area (Å²) in [5.74, 6) is 0. The summed E-state index contributed by atoms with van der Waals surface area (Å²) in [5, 5.41) is 5.69. The van der Waals surface area contributed by atoms with Gasteiger partial charge >= 0.3 is 0 Å². The predicted molar refractivity (Wildman–Crippen MR) is 98.4 cm³/mol. The molecule has 0 amide bonds. The van der Waals surface area contributed by atoms with Crippen LogP contribution in [0, 0.1) is 0 Å². The van der Waals surface area contributed by atoms with Gasteiger partial charge in [0, 0.05) is 42.3 Å². The molecule has 4 rings (SSSR count). The van der Waals surface area contributed by atoms with Crippen LogP contribution < -0.4 is 4.90 Å². The maximum Gasteiger partial charge on any atom is 0.0726 e. The summed E-state index contributed by atoms with van der Waals surface area (Å²) < 4.78 is 2.12. The molecule has 1 fully saturated rings. The van der Waals surface area contributed by atoms with Gasteiger partial charge in [0.1, 0.15) is 0 Å².